The molecule has 28 heavy (non-hydrogen) atoms. The molecule has 3 aromatic rings. The van der Waals surface area contributed by atoms with Crippen LogP contribution < -0.4 is 10.6 Å². The van der Waals surface area contributed by atoms with Gasteiger partial charge in [-0.15, -0.1) is 0 Å². The van der Waals surface area contributed by atoms with E-state index < -0.39 is 0 Å². The summed E-state index contributed by atoms with van der Waals surface area (Å²) in [7, 11) is 0. The minimum absolute atomic E-state index is 0.0668. The molecule has 4 nitrogen and oxygen atoms in total. The fourth-order valence-corrected chi connectivity index (χ4v) is 3.16. The molecule has 0 spiro atoms. The predicted molar refractivity (Wildman–Crippen MR) is 116 cm³/mol. The Balaban J connectivity index is 1.70. The zero-order valence-corrected chi connectivity index (χ0v) is 16.3. The van der Waals surface area contributed by atoms with Crippen molar-refractivity contribution in [2.45, 2.75) is 32.1 Å². The Morgan fingerprint density at radius 2 is 1.54 bits per heavy atom. The molecule has 0 atom stereocenters. The van der Waals surface area contributed by atoms with E-state index in [1.165, 1.54) is 12.8 Å². The average Bonchev–Trinajstić information content (AvgIpc) is 2.74. The number of aromatic nitrogens is 1. The lowest BCUT2D eigenvalue weighted by molar-refractivity contribution is -0.116. The Morgan fingerprint density at radius 1 is 0.893 bits per heavy atom. The third-order valence-electron chi connectivity index (χ3n) is 4.65. The van der Waals surface area contributed by atoms with Gasteiger partial charge in [0.25, 0.3) is 0 Å². The van der Waals surface area contributed by atoms with Gasteiger partial charge in [0, 0.05) is 6.54 Å². The van der Waals surface area contributed by atoms with Crippen LogP contribution in [0.25, 0.3) is 0 Å². The molecule has 0 aliphatic carbocycles. The molecule has 0 saturated heterocycles. The molecule has 4 heteroatoms. The van der Waals surface area contributed by atoms with E-state index in [1.54, 1.807) is 6.20 Å². The molecular weight excluding hydrogens is 346 g/mol. The fourth-order valence-electron chi connectivity index (χ4n) is 3.16. The minimum Gasteiger partial charge on any atom is -0.370 e. The van der Waals surface area contributed by atoms with E-state index in [0.29, 0.717) is 5.69 Å². The van der Waals surface area contributed by atoms with Gasteiger partial charge in [0.2, 0.25) is 5.91 Å². The minimum atomic E-state index is -0.366. The largest absolute Gasteiger partial charge is 0.370 e. The summed E-state index contributed by atoms with van der Waals surface area (Å²) < 4.78 is 0. The molecule has 0 fully saturated rings. The zero-order chi connectivity index (χ0) is 19.6. The summed E-state index contributed by atoms with van der Waals surface area (Å²) in [6.45, 7) is 3.10. The summed E-state index contributed by atoms with van der Waals surface area (Å²) in [5.74, 6) is 0.397. The summed E-state index contributed by atoms with van der Waals surface area (Å²) in [4.78, 5) is 17.5. The SMILES string of the molecule is CCCCCNc1ccc(NC(=O)C(c2ccccc2)c2ccccc2)cn1. The van der Waals surface area contributed by atoms with Crippen molar-refractivity contribution in [3.8, 4) is 0 Å². The molecule has 1 heterocycles. The summed E-state index contributed by atoms with van der Waals surface area (Å²) >= 11 is 0. The van der Waals surface area contributed by atoms with E-state index >= 15 is 0 Å². The molecule has 1 amide bonds. The van der Waals surface area contributed by atoms with E-state index in [2.05, 4.69) is 22.5 Å². The number of nitrogens with one attached hydrogen (secondary N) is 2. The van der Waals surface area contributed by atoms with E-state index in [9.17, 15) is 4.79 Å². The first-order valence-electron chi connectivity index (χ1n) is 9.88. The van der Waals surface area contributed by atoms with Gasteiger partial charge in [-0.05, 0) is 29.7 Å². The molecule has 2 aromatic carbocycles. The van der Waals surface area contributed by atoms with Crippen molar-refractivity contribution in [2.24, 2.45) is 0 Å². The normalized spacial score (nSPS) is 10.6. The lowest BCUT2D eigenvalue weighted by atomic mass is 9.90. The number of hydrogen-bond donors (Lipinski definition) is 2. The fraction of sp³-hybridized carbons (Fsp3) is 0.250. The van der Waals surface area contributed by atoms with Crippen molar-refractivity contribution in [1.29, 1.82) is 0 Å². The molecule has 0 radical (unpaired) electrons. The van der Waals surface area contributed by atoms with Crippen molar-refractivity contribution in [3.63, 3.8) is 0 Å². The van der Waals surface area contributed by atoms with Crippen molar-refractivity contribution in [2.75, 3.05) is 17.2 Å². The molecule has 0 saturated carbocycles. The number of nitrogens with zero attached hydrogens (tertiary/aromatic N) is 1. The van der Waals surface area contributed by atoms with Gasteiger partial charge in [0.15, 0.2) is 0 Å². The highest BCUT2D eigenvalue weighted by Crippen LogP contribution is 2.26. The highest BCUT2D eigenvalue weighted by atomic mass is 16.1. The molecule has 144 valence electrons. The monoisotopic (exact) mass is 373 g/mol. The van der Waals surface area contributed by atoms with E-state index in [-0.39, 0.29) is 11.8 Å². The molecule has 0 aliphatic rings. The van der Waals surface area contributed by atoms with Crippen LogP contribution in [0.2, 0.25) is 0 Å². The number of pyridine rings is 1. The van der Waals surface area contributed by atoms with Gasteiger partial charge in [-0.3, -0.25) is 4.79 Å². The number of carbonyl (C=O) groups excluding carboxylic acids is 1. The van der Waals surface area contributed by atoms with E-state index in [1.807, 2.05) is 72.8 Å². The first kappa shape index (κ1) is 19.6. The molecule has 0 unspecified atom stereocenters. The molecule has 2 N–H and O–H groups in total. The van der Waals surface area contributed by atoms with Crippen LogP contribution in [0.5, 0.6) is 0 Å². The van der Waals surface area contributed by atoms with Gasteiger partial charge in [-0.1, -0.05) is 80.4 Å². The Morgan fingerprint density at radius 3 is 2.07 bits per heavy atom. The number of hydrogen-bond acceptors (Lipinski definition) is 3. The second kappa shape index (κ2) is 10.3. The standard InChI is InChI=1S/C24H27N3O/c1-2-3-10-17-25-22-16-15-21(18-26-22)27-24(28)23(19-11-6-4-7-12-19)20-13-8-5-9-14-20/h4-9,11-16,18,23H,2-3,10,17H2,1H3,(H,25,26)(H,27,28). The third kappa shape index (κ3) is 5.43. The predicted octanol–water partition coefficient (Wildman–Crippen LogP) is 5.45. The van der Waals surface area contributed by atoms with Crippen LogP contribution in [-0.4, -0.2) is 17.4 Å². The second-order valence-corrected chi connectivity index (χ2v) is 6.81. The number of anilines is 2. The number of carbonyl (C=O) groups is 1. The highest BCUT2D eigenvalue weighted by molar-refractivity contribution is 5.98. The molecular formula is C24H27N3O. The quantitative estimate of drug-likeness (QED) is 0.490. The molecule has 0 aliphatic heterocycles. The van der Waals surface area contributed by atoms with Crippen molar-refractivity contribution in [3.05, 3.63) is 90.1 Å². The molecule has 0 bridgehead atoms. The van der Waals surface area contributed by atoms with Crippen LogP contribution in [0.1, 0.15) is 43.2 Å². The van der Waals surface area contributed by atoms with Crippen molar-refractivity contribution < 1.29 is 4.79 Å². The zero-order valence-electron chi connectivity index (χ0n) is 16.3. The number of benzene rings is 2. The van der Waals surface area contributed by atoms with Crippen LogP contribution >= 0.6 is 0 Å². The van der Waals surface area contributed by atoms with Gasteiger partial charge in [-0.2, -0.15) is 0 Å². The molecule has 1 aromatic heterocycles. The Bertz CT molecular complexity index is 809. The Kier molecular flexibility index (Phi) is 7.19. The van der Waals surface area contributed by atoms with Gasteiger partial charge in [-0.25, -0.2) is 4.98 Å². The van der Waals surface area contributed by atoms with Crippen LogP contribution in [0.4, 0.5) is 11.5 Å². The number of amides is 1. The van der Waals surface area contributed by atoms with Gasteiger partial charge >= 0.3 is 0 Å². The van der Waals surface area contributed by atoms with Crippen molar-refractivity contribution >= 4 is 17.4 Å². The first-order chi connectivity index (χ1) is 13.8. The third-order valence-corrected chi connectivity index (χ3v) is 4.65. The smallest absolute Gasteiger partial charge is 0.236 e. The second-order valence-electron chi connectivity index (χ2n) is 6.81. The van der Waals surface area contributed by atoms with Crippen molar-refractivity contribution in [1.82, 2.24) is 4.98 Å². The highest BCUT2D eigenvalue weighted by Gasteiger charge is 2.22. The van der Waals surface area contributed by atoms with Gasteiger partial charge in [0.05, 0.1) is 17.8 Å². The summed E-state index contributed by atoms with van der Waals surface area (Å²) in [5, 5.41) is 6.32. The molecule has 3 rings (SSSR count). The topological polar surface area (TPSA) is 54.0 Å². The van der Waals surface area contributed by atoms with Gasteiger partial charge in [0.1, 0.15) is 5.82 Å². The van der Waals surface area contributed by atoms with Crippen LogP contribution in [0.15, 0.2) is 79.0 Å². The Labute approximate surface area is 167 Å². The maximum atomic E-state index is 13.1. The first-order valence-corrected chi connectivity index (χ1v) is 9.88. The number of rotatable bonds is 9. The maximum absolute atomic E-state index is 13.1. The van der Waals surface area contributed by atoms with Crippen LogP contribution in [-0.2, 0) is 4.79 Å². The van der Waals surface area contributed by atoms with Crippen LogP contribution in [0.3, 0.4) is 0 Å². The number of unbranched alkanes of at least 4 members (excludes halogenated alkanes) is 2. The Hall–Kier alpha value is -3.14. The maximum Gasteiger partial charge on any atom is 0.236 e. The van der Waals surface area contributed by atoms with E-state index in [0.717, 1.165) is 29.9 Å². The van der Waals surface area contributed by atoms with Crippen LogP contribution in [0, 0.1) is 0 Å². The lowest BCUT2D eigenvalue weighted by Crippen LogP contribution is -2.22. The summed E-state index contributed by atoms with van der Waals surface area (Å²) in [6, 6.07) is 23.5. The average molecular weight is 374 g/mol. The van der Waals surface area contributed by atoms with Gasteiger partial charge < -0.3 is 10.6 Å². The van der Waals surface area contributed by atoms with E-state index in [4.69, 9.17) is 0 Å². The summed E-state index contributed by atoms with van der Waals surface area (Å²) in [5.41, 5.74) is 2.63. The summed E-state index contributed by atoms with van der Waals surface area (Å²) in [6.07, 6.45) is 5.24. The lowest BCUT2D eigenvalue weighted by Gasteiger charge is -2.18.